The molecule has 4 aromatic rings. The van der Waals surface area contributed by atoms with Crippen LogP contribution in [0, 0.1) is 0 Å². The molecule has 4 rings (SSSR count). The second-order valence-corrected chi connectivity index (χ2v) is 6.74. The Morgan fingerprint density at radius 2 is 0.906 bits per heavy atom. The van der Waals surface area contributed by atoms with E-state index in [2.05, 4.69) is 0 Å². The number of rotatable bonds is 4. The van der Waals surface area contributed by atoms with Crippen molar-refractivity contribution in [2.75, 3.05) is 0 Å². The first kappa shape index (κ1) is 22.0. The molecule has 0 spiro atoms. The maximum absolute atomic E-state index is 10.9. The van der Waals surface area contributed by atoms with Crippen LogP contribution >= 0.6 is 0 Å². The lowest BCUT2D eigenvalue weighted by molar-refractivity contribution is 0.0686. The van der Waals surface area contributed by atoms with Gasteiger partial charge in [-0.3, -0.25) is 0 Å². The van der Waals surface area contributed by atoms with Crippen LogP contribution in [0.2, 0.25) is 0 Å². The standard InChI is InChI=1S/2C12H8O4/c13-11(14)9-3-1-7-5-10(12(15)16)4-2-8(7)6-9;13-11(14)8-4-5-9-7(6-8)2-1-3-10(9)12(15)16/h2*1-6H,(H,13,14)(H,15,16). The van der Waals surface area contributed by atoms with Gasteiger partial charge in [0.2, 0.25) is 0 Å². The lowest BCUT2D eigenvalue weighted by atomic mass is 10.0. The molecule has 0 unspecified atom stereocenters. The van der Waals surface area contributed by atoms with Gasteiger partial charge in [-0.15, -0.1) is 0 Å². The summed E-state index contributed by atoms with van der Waals surface area (Å²) in [5.41, 5.74) is 0.704. The molecule has 0 aliphatic heterocycles. The SMILES string of the molecule is O=C(O)c1ccc2c(C(=O)O)cccc2c1.O=C(O)c1ccc2cc(C(=O)O)ccc2c1. The number of aromatic carboxylic acids is 4. The van der Waals surface area contributed by atoms with Gasteiger partial charge in [0.05, 0.1) is 22.3 Å². The molecular weight excluding hydrogens is 416 g/mol. The fraction of sp³-hybridized carbons (Fsp3) is 0. The van der Waals surface area contributed by atoms with Gasteiger partial charge in [-0.25, -0.2) is 19.2 Å². The van der Waals surface area contributed by atoms with Gasteiger partial charge in [0.25, 0.3) is 0 Å². The number of fused-ring (bicyclic) bond motifs is 2. The highest BCUT2D eigenvalue weighted by molar-refractivity contribution is 6.05. The van der Waals surface area contributed by atoms with E-state index in [4.69, 9.17) is 20.4 Å². The third-order valence-electron chi connectivity index (χ3n) is 4.69. The molecule has 0 bridgehead atoms. The van der Waals surface area contributed by atoms with Gasteiger partial charge in [0.1, 0.15) is 0 Å². The van der Waals surface area contributed by atoms with Crippen LogP contribution in [-0.2, 0) is 0 Å². The molecule has 4 N–H and O–H groups in total. The molecule has 0 aliphatic rings. The third-order valence-corrected chi connectivity index (χ3v) is 4.69. The van der Waals surface area contributed by atoms with Gasteiger partial charge in [0, 0.05) is 0 Å². The Bertz CT molecular complexity index is 1330. The summed E-state index contributed by atoms with van der Waals surface area (Å²) in [6, 6.07) is 18.3. The van der Waals surface area contributed by atoms with Crippen LogP contribution < -0.4 is 0 Å². The van der Waals surface area contributed by atoms with Crippen molar-refractivity contribution >= 4 is 45.4 Å². The van der Waals surface area contributed by atoms with Gasteiger partial charge < -0.3 is 20.4 Å². The van der Waals surface area contributed by atoms with Crippen molar-refractivity contribution in [3.8, 4) is 0 Å². The minimum absolute atomic E-state index is 0.148. The summed E-state index contributed by atoms with van der Waals surface area (Å²) < 4.78 is 0. The third kappa shape index (κ3) is 4.71. The van der Waals surface area contributed by atoms with Crippen molar-refractivity contribution in [1.82, 2.24) is 0 Å². The Kier molecular flexibility index (Phi) is 6.16. The summed E-state index contributed by atoms with van der Waals surface area (Å²) in [5, 5.41) is 37.9. The average molecular weight is 432 g/mol. The molecule has 0 radical (unpaired) electrons. The smallest absolute Gasteiger partial charge is 0.336 e. The van der Waals surface area contributed by atoms with Gasteiger partial charge in [-0.2, -0.15) is 0 Å². The van der Waals surface area contributed by atoms with Crippen LogP contribution in [0.4, 0.5) is 0 Å². The van der Waals surface area contributed by atoms with Crippen molar-refractivity contribution < 1.29 is 39.6 Å². The second kappa shape index (κ2) is 8.97. The van der Waals surface area contributed by atoms with Crippen LogP contribution in [0.25, 0.3) is 21.5 Å². The van der Waals surface area contributed by atoms with E-state index in [-0.39, 0.29) is 22.3 Å². The van der Waals surface area contributed by atoms with Crippen LogP contribution in [0.5, 0.6) is 0 Å². The van der Waals surface area contributed by atoms with Crippen molar-refractivity contribution in [3.63, 3.8) is 0 Å². The van der Waals surface area contributed by atoms with E-state index in [0.29, 0.717) is 21.5 Å². The molecular formula is C24H16O8. The highest BCUT2D eigenvalue weighted by Gasteiger charge is 2.10. The van der Waals surface area contributed by atoms with Crippen LogP contribution in [0.1, 0.15) is 41.4 Å². The normalized spacial score (nSPS) is 10.2. The first-order valence-corrected chi connectivity index (χ1v) is 9.17. The van der Waals surface area contributed by atoms with E-state index in [1.807, 2.05) is 0 Å². The van der Waals surface area contributed by atoms with Gasteiger partial charge in [0.15, 0.2) is 0 Å². The van der Waals surface area contributed by atoms with Crippen molar-refractivity contribution in [3.05, 3.63) is 95.1 Å². The van der Waals surface area contributed by atoms with E-state index in [1.165, 1.54) is 48.5 Å². The molecule has 8 heteroatoms. The predicted molar refractivity (Wildman–Crippen MR) is 116 cm³/mol. The topological polar surface area (TPSA) is 149 Å². The van der Waals surface area contributed by atoms with Crippen LogP contribution in [0.3, 0.4) is 0 Å². The molecule has 0 saturated carbocycles. The lowest BCUT2D eigenvalue weighted by Gasteiger charge is -2.03. The van der Waals surface area contributed by atoms with E-state index >= 15 is 0 Å². The van der Waals surface area contributed by atoms with Gasteiger partial charge in [-0.05, 0) is 64.0 Å². The first-order valence-electron chi connectivity index (χ1n) is 9.17. The summed E-state index contributed by atoms with van der Waals surface area (Å²) in [7, 11) is 0. The molecule has 0 amide bonds. The Morgan fingerprint density at radius 1 is 0.469 bits per heavy atom. The number of benzene rings is 4. The Morgan fingerprint density at radius 3 is 1.34 bits per heavy atom. The molecule has 160 valence electrons. The number of hydrogen-bond donors (Lipinski definition) is 4. The van der Waals surface area contributed by atoms with E-state index < -0.39 is 23.9 Å². The molecule has 0 fully saturated rings. The van der Waals surface area contributed by atoms with E-state index in [9.17, 15) is 19.2 Å². The Balaban J connectivity index is 0.000000181. The van der Waals surface area contributed by atoms with Crippen LogP contribution in [-0.4, -0.2) is 44.3 Å². The van der Waals surface area contributed by atoms with Crippen molar-refractivity contribution in [1.29, 1.82) is 0 Å². The molecule has 0 aliphatic carbocycles. The molecule has 0 heterocycles. The Hall–Kier alpha value is -4.72. The minimum atomic E-state index is -1.03. The van der Waals surface area contributed by atoms with Crippen molar-refractivity contribution in [2.45, 2.75) is 0 Å². The quantitative estimate of drug-likeness (QED) is 0.369. The Labute approximate surface area is 180 Å². The van der Waals surface area contributed by atoms with Crippen LogP contribution in [0.15, 0.2) is 72.8 Å². The highest BCUT2D eigenvalue weighted by atomic mass is 16.4. The van der Waals surface area contributed by atoms with E-state index in [1.54, 1.807) is 24.3 Å². The van der Waals surface area contributed by atoms with Crippen molar-refractivity contribution in [2.24, 2.45) is 0 Å². The minimum Gasteiger partial charge on any atom is -0.478 e. The molecule has 0 saturated heterocycles. The first-order chi connectivity index (χ1) is 15.2. The summed E-state index contributed by atoms with van der Waals surface area (Å²) in [4.78, 5) is 43.1. The maximum atomic E-state index is 10.9. The number of hydrogen-bond acceptors (Lipinski definition) is 4. The fourth-order valence-electron chi connectivity index (χ4n) is 3.12. The van der Waals surface area contributed by atoms with Gasteiger partial charge in [-0.1, -0.05) is 30.3 Å². The summed E-state index contributed by atoms with van der Waals surface area (Å²) in [6.07, 6.45) is 0. The highest BCUT2D eigenvalue weighted by Crippen LogP contribution is 2.21. The molecule has 8 nitrogen and oxygen atoms in total. The fourth-order valence-corrected chi connectivity index (χ4v) is 3.12. The average Bonchev–Trinajstić information content (AvgIpc) is 2.77. The zero-order chi connectivity index (χ0) is 23.4. The number of carboxylic acids is 4. The lowest BCUT2D eigenvalue weighted by Crippen LogP contribution is -1.99. The monoisotopic (exact) mass is 432 g/mol. The largest absolute Gasteiger partial charge is 0.478 e. The second-order valence-electron chi connectivity index (χ2n) is 6.74. The molecule has 0 atom stereocenters. The molecule has 4 aromatic carbocycles. The predicted octanol–water partition coefficient (Wildman–Crippen LogP) is 4.47. The summed E-state index contributed by atoms with van der Waals surface area (Å²) in [6.45, 7) is 0. The zero-order valence-corrected chi connectivity index (χ0v) is 16.4. The number of carboxylic acid groups (broad SMARTS) is 4. The summed E-state index contributed by atoms with van der Waals surface area (Å²) >= 11 is 0. The maximum Gasteiger partial charge on any atom is 0.336 e. The number of carbonyl (C=O) groups is 4. The van der Waals surface area contributed by atoms with Gasteiger partial charge >= 0.3 is 23.9 Å². The molecule has 0 aromatic heterocycles. The summed E-state index contributed by atoms with van der Waals surface area (Å²) in [5.74, 6) is -4.04. The van der Waals surface area contributed by atoms with E-state index in [0.717, 1.165) is 0 Å². The molecule has 32 heavy (non-hydrogen) atoms. The zero-order valence-electron chi connectivity index (χ0n) is 16.4.